The molecule has 0 bridgehead atoms. The Balaban J connectivity index is 1.75. The van der Waals surface area contributed by atoms with Gasteiger partial charge in [-0.3, -0.25) is 4.79 Å². The largest absolute Gasteiger partial charge is 0.378 e. The normalized spacial score (nSPS) is 14.7. The van der Waals surface area contributed by atoms with Crippen molar-refractivity contribution in [3.05, 3.63) is 48.3 Å². The molecule has 0 aliphatic carbocycles. The molecule has 25 heavy (non-hydrogen) atoms. The number of carbonyl (C=O) groups is 1. The molecule has 7 heteroatoms. The summed E-state index contributed by atoms with van der Waals surface area (Å²) in [6.07, 6.45) is 1.68. The number of ether oxygens (including phenoxy) is 1. The smallest absolute Gasteiger partial charge is 0.256 e. The van der Waals surface area contributed by atoms with Gasteiger partial charge >= 0.3 is 0 Å². The molecule has 0 atom stereocenters. The Morgan fingerprint density at radius 1 is 1.20 bits per heavy atom. The number of para-hydroxylation sites is 1. The molecule has 0 radical (unpaired) electrons. The van der Waals surface area contributed by atoms with Crippen molar-refractivity contribution < 1.29 is 9.53 Å². The van der Waals surface area contributed by atoms with Crippen LogP contribution in [-0.4, -0.2) is 51.6 Å². The molecule has 4 rings (SSSR count). The van der Waals surface area contributed by atoms with Crippen LogP contribution in [0.25, 0.3) is 11.2 Å². The molecule has 1 N–H and O–H groups in total. The van der Waals surface area contributed by atoms with E-state index < -0.39 is 0 Å². The highest BCUT2D eigenvalue weighted by atomic mass is 16.5. The Morgan fingerprint density at radius 2 is 1.96 bits per heavy atom. The van der Waals surface area contributed by atoms with Gasteiger partial charge in [0.05, 0.1) is 25.1 Å². The van der Waals surface area contributed by atoms with Crippen LogP contribution in [0.4, 0.5) is 11.5 Å². The SMILES string of the molecule is Cn1cnc2nc(Nc3ccccc3)cc(C(=O)N3CCOCC3)c21. The van der Waals surface area contributed by atoms with Gasteiger partial charge in [0.2, 0.25) is 0 Å². The summed E-state index contributed by atoms with van der Waals surface area (Å²) >= 11 is 0. The van der Waals surface area contributed by atoms with Crippen LogP contribution >= 0.6 is 0 Å². The molecule has 0 unspecified atom stereocenters. The third-order valence-corrected chi connectivity index (χ3v) is 4.26. The van der Waals surface area contributed by atoms with Gasteiger partial charge in [0.15, 0.2) is 5.65 Å². The fraction of sp³-hybridized carbons (Fsp3) is 0.278. The molecule has 1 amide bonds. The zero-order chi connectivity index (χ0) is 17.2. The first kappa shape index (κ1) is 15.6. The molecule has 128 valence electrons. The molecule has 1 saturated heterocycles. The van der Waals surface area contributed by atoms with Crippen molar-refractivity contribution in [1.29, 1.82) is 0 Å². The van der Waals surface area contributed by atoms with Crippen molar-refractivity contribution in [2.75, 3.05) is 31.6 Å². The highest BCUT2D eigenvalue weighted by molar-refractivity contribution is 6.05. The zero-order valence-corrected chi connectivity index (χ0v) is 14.0. The summed E-state index contributed by atoms with van der Waals surface area (Å²) in [5, 5.41) is 3.25. The molecule has 7 nitrogen and oxygen atoms in total. The van der Waals surface area contributed by atoms with E-state index in [1.54, 1.807) is 12.4 Å². The van der Waals surface area contributed by atoms with Gasteiger partial charge in [0.1, 0.15) is 11.3 Å². The summed E-state index contributed by atoms with van der Waals surface area (Å²) in [6, 6.07) is 11.5. The van der Waals surface area contributed by atoms with E-state index in [1.165, 1.54) is 0 Å². The van der Waals surface area contributed by atoms with Gasteiger partial charge in [-0.05, 0) is 18.2 Å². The number of amides is 1. The lowest BCUT2D eigenvalue weighted by atomic mass is 10.2. The summed E-state index contributed by atoms with van der Waals surface area (Å²) in [7, 11) is 1.87. The number of aromatic nitrogens is 3. The average Bonchev–Trinajstić information content (AvgIpc) is 3.03. The summed E-state index contributed by atoms with van der Waals surface area (Å²) in [5.41, 5.74) is 2.82. The number of hydrogen-bond acceptors (Lipinski definition) is 5. The van der Waals surface area contributed by atoms with Gasteiger partial charge in [-0.1, -0.05) is 18.2 Å². The van der Waals surface area contributed by atoms with E-state index in [4.69, 9.17) is 4.74 Å². The minimum absolute atomic E-state index is 0.0181. The Labute approximate surface area is 145 Å². The minimum Gasteiger partial charge on any atom is -0.378 e. The number of hydrogen-bond donors (Lipinski definition) is 1. The molecule has 0 saturated carbocycles. The molecule has 1 aliphatic rings. The number of morpholine rings is 1. The number of carbonyl (C=O) groups excluding carboxylic acids is 1. The Bertz CT molecular complexity index is 900. The number of anilines is 2. The van der Waals surface area contributed by atoms with Gasteiger partial charge in [-0.2, -0.15) is 0 Å². The average molecular weight is 337 g/mol. The Morgan fingerprint density at radius 3 is 2.72 bits per heavy atom. The molecular weight excluding hydrogens is 318 g/mol. The third-order valence-electron chi connectivity index (χ3n) is 4.26. The van der Waals surface area contributed by atoms with Crippen LogP contribution < -0.4 is 5.32 Å². The van der Waals surface area contributed by atoms with Crippen LogP contribution in [0.3, 0.4) is 0 Å². The van der Waals surface area contributed by atoms with E-state index in [1.807, 2.05) is 46.8 Å². The highest BCUT2D eigenvalue weighted by Gasteiger charge is 2.23. The minimum atomic E-state index is -0.0181. The molecule has 1 fully saturated rings. The fourth-order valence-corrected chi connectivity index (χ4v) is 2.99. The van der Waals surface area contributed by atoms with E-state index in [0.717, 1.165) is 11.2 Å². The first-order chi connectivity index (χ1) is 12.2. The lowest BCUT2D eigenvalue weighted by Crippen LogP contribution is -2.40. The molecule has 1 aliphatic heterocycles. The second-order valence-electron chi connectivity index (χ2n) is 5.98. The third kappa shape index (κ3) is 3.06. The number of aryl methyl sites for hydroxylation is 1. The summed E-state index contributed by atoms with van der Waals surface area (Å²) in [5.74, 6) is 0.587. The van der Waals surface area contributed by atoms with Crippen molar-refractivity contribution in [3.8, 4) is 0 Å². The number of imidazole rings is 1. The van der Waals surface area contributed by atoms with Crippen LogP contribution in [-0.2, 0) is 11.8 Å². The van der Waals surface area contributed by atoms with Crippen LogP contribution in [0.1, 0.15) is 10.4 Å². The standard InChI is InChI=1S/C18H19N5O2/c1-22-12-19-17-16(22)14(18(24)23-7-9-25-10-8-23)11-15(21-17)20-13-5-3-2-4-6-13/h2-6,11-12H,7-10H2,1H3,(H,20,21). The van der Waals surface area contributed by atoms with E-state index in [2.05, 4.69) is 15.3 Å². The zero-order valence-electron chi connectivity index (χ0n) is 14.0. The molecule has 1 aromatic carbocycles. The maximum Gasteiger partial charge on any atom is 0.256 e. The topological polar surface area (TPSA) is 72.3 Å². The Kier molecular flexibility index (Phi) is 4.07. The summed E-state index contributed by atoms with van der Waals surface area (Å²) in [4.78, 5) is 23.7. The predicted octanol–water partition coefficient (Wildman–Crippen LogP) is 2.18. The Hall–Kier alpha value is -2.93. The van der Waals surface area contributed by atoms with Gasteiger partial charge in [0.25, 0.3) is 5.91 Å². The quantitative estimate of drug-likeness (QED) is 0.793. The number of nitrogens with zero attached hydrogens (tertiary/aromatic N) is 4. The van der Waals surface area contributed by atoms with Gasteiger partial charge in [0, 0.05) is 25.8 Å². The van der Waals surface area contributed by atoms with Gasteiger partial charge in [-0.25, -0.2) is 9.97 Å². The monoisotopic (exact) mass is 337 g/mol. The molecule has 3 heterocycles. The van der Waals surface area contributed by atoms with Crippen molar-refractivity contribution in [1.82, 2.24) is 19.4 Å². The summed E-state index contributed by atoms with van der Waals surface area (Å²) in [6.45, 7) is 2.34. The van der Waals surface area contributed by atoms with E-state index >= 15 is 0 Å². The van der Waals surface area contributed by atoms with Crippen LogP contribution in [0, 0.1) is 0 Å². The van der Waals surface area contributed by atoms with Gasteiger partial charge in [-0.15, -0.1) is 0 Å². The van der Waals surface area contributed by atoms with E-state index in [-0.39, 0.29) is 5.91 Å². The second kappa shape index (κ2) is 6.52. The summed E-state index contributed by atoms with van der Waals surface area (Å²) < 4.78 is 7.18. The number of rotatable bonds is 3. The molecule has 2 aromatic heterocycles. The van der Waals surface area contributed by atoms with Crippen LogP contribution in [0.15, 0.2) is 42.7 Å². The highest BCUT2D eigenvalue weighted by Crippen LogP contribution is 2.24. The van der Waals surface area contributed by atoms with Crippen LogP contribution in [0.2, 0.25) is 0 Å². The molecular formula is C18H19N5O2. The predicted molar refractivity (Wildman–Crippen MR) is 95.0 cm³/mol. The van der Waals surface area contributed by atoms with Crippen molar-refractivity contribution in [2.24, 2.45) is 7.05 Å². The first-order valence-electron chi connectivity index (χ1n) is 8.23. The van der Waals surface area contributed by atoms with Gasteiger partial charge < -0.3 is 19.5 Å². The van der Waals surface area contributed by atoms with Crippen molar-refractivity contribution in [2.45, 2.75) is 0 Å². The molecule has 0 spiro atoms. The maximum absolute atomic E-state index is 13.0. The number of nitrogens with one attached hydrogen (secondary N) is 1. The maximum atomic E-state index is 13.0. The number of benzene rings is 1. The number of fused-ring (bicyclic) bond motifs is 1. The lowest BCUT2D eigenvalue weighted by molar-refractivity contribution is 0.0304. The van der Waals surface area contributed by atoms with E-state index in [9.17, 15) is 4.79 Å². The van der Waals surface area contributed by atoms with E-state index in [0.29, 0.717) is 43.3 Å². The van der Waals surface area contributed by atoms with Crippen molar-refractivity contribution in [3.63, 3.8) is 0 Å². The second-order valence-corrected chi connectivity index (χ2v) is 5.98. The van der Waals surface area contributed by atoms with Crippen LogP contribution in [0.5, 0.6) is 0 Å². The molecule has 3 aromatic rings. The fourth-order valence-electron chi connectivity index (χ4n) is 2.99. The number of pyridine rings is 1. The lowest BCUT2D eigenvalue weighted by Gasteiger charge is -2.27. The first-order valence-corrected chi connectivity index (χ1v) is 8.23. The van der Waals surface area contributed by atoms with Crippen molar-refractivity contribution >= 4 is 28.6 Å².